The van der Waals surface area contributed by atoms with Crippen LogP contribution < -0.4 is 0 Å². The molecule has 22 heavy (non-hydrogen) atoms. The Morgan fingerprint density at radius 3 is 2.95 bits per heavy atom. The molecule has 2 heterocycles. The number of hydrogen-bond donors (Lipinski definition) is 0. The summed E-state index contributed by atoms with van der Waals surface area (Å²) in [6.07, 6.45) is 1.57. The van der Waals surface area contributed by atoms with Crippen molar-refractivity contribution < 1.29 is 14.3 Å². The molecule has 6 nitrogen and oxygen atoms in total. The minimum absolute atomic E-state index is 0.0708. The first-order valence-corrected chi connectivity index (χ1v) is 7.90. The molecule has 0 unspecified atom stereocenters. The molecule has 114 valence electrons. The van der Waals surface area contributed by atoms with Crippen LogP contribution in [0, 0.1) is 3.57 Å². The molecule has 0 N–H and O–H groups in total. The van der Waals surface area contributed by atoms with Crippen molar-refractivity contribution in [2.75, 3.05) is 13.7 Å². The fraction of sp³-hybridized carbons (Fsp3) is 0.267. The largest absolute Gasteiger partial charge is 0.461 e. The van der Waals surface area contributed by atoms with Gasteiger partial charge in [0.25, 0.3) is 5.91 Å². The van der Waals surface area contributed by atoms with Gasteiger partial charge in [0.15, 0.2) is 5.69 Å². The maximum atomic E-state index is 12.6. The number of ether oxygens (including phenoxy) is 1. The van der Waals surface area contributed by atoms with Gasteiger partial charge >= 0.3 is 5.97 Å². The second kappa shape index (κ2) is 5.71. The van der Waals surface area contributed by atoms with Crippen LogP contribution in [0.1, 0.15) is 33.5 Å². The van der Waals surface area contributed by atoms with Gasteiger partial charge in [-0.25, -0.2) is 9.78 Å². The van der Waals surface area contributed by atoms with Crippen molar-refractivity contribution in [3.8, 4) is 5.69 Å². The third kappa shape index (κ3) is 2.29. The number of benzene rings is 1. The van der Waals surface area contributed by atoms with Crippen LogP contribution in [0.2, 0.25) is 0 Å². The predicted molar refractivity (Wildman–Crippen MR) is 88.0 cm³/mol. The molecule has 1 aromatic carbocycles. The van der Waals surface area contributed by atoms with Gasteiger partial charge in [-0.1, -0.05) is 6.07 Å². The lowest BCUT2D eigenvalue weighted by Crippen LogP contribution is -2.26. The van der Waals surface area contributed by atoms with E-state index >= 15 is 0 Å². The molecule has 0 saturated heterocycles. The Hall–Kier alpha value is -1.90. The maximum absolute atomic E-state index is 12.6. The Balaban J connectivity index is 2.22. The van der Waals surface area contributed by atoms with Gasteiger partial charge < -0.3 is 9.64 Å². The van der Waals surface area contributed by atoms with Gasteiger partial charge in [-0.3, -0.25) is 9.36 Å². The zero-order chi connectivity index (χ0) is 15.9. The van der Waals surface area contributed by atoms with E-state index in [4.69, 9.17) is 4.74 Å². The van der Waals surface area contributed by atoms with E-state index in [2.05, 4.69) is 27.6 Å². The fourth-order valence-electron chi connectivity index (χ4n) is 2.51. The number of rotatable bonds is 2. The molecule has 1 aliphatic rings. The Kier molecular flexibility index (Phi) is 3.90. The van der Waals surface area contributed by atoms with Crippen LogP contribution in [0.25, 0.3) is 5.69 Å². The van der Waals surface area contributed by atoms with Gasteiger partial charge in [-0.2, -0.15) is 0 Å². The van der Waals surface area contributed by atoms with Crippen molar-refractivity contribution in [2.24, 2.45) is 0 Å². The zero-order valence-corrected chi connectivity index (χ0v) is 14.3. The molecule has 0 fully saturated rings. The Labute approximate surface area is 141 Å². The number of carbonyl (C=O) groups excluding carboxylic acids is 2. The van der Waals surface area contributed by atoms with Gasteiger partial charge in [0.05, 0.1) is 30.1 Å². The minimum Gasteiger partial charge on any atom is -0.461 e. The lowest BCUT2D eigenvalue weighted by atomic mass is 10.1. The standard InChI is InChI=1S/C15H14IN3O3/c1-3-22-15(21)13-11-7-18(2)14(20)12-9(16)5-4-6-10(12)19(11)8-17-13/h4-6,8H,3,7H2,1-2H3/i16+4. The Morgan fingerprint density at radius 2 is 2.23 bits per heavy atom. The van der Waals surface area contributed by atoms with E-state index in [1.54, 1.807) is 29.8 Å². The summed E-state index contributed by atoms with van der Waals surface area (Å²) in [5.41, 5.74) is 2.28. The minimum atomic E-state index is -0.467. The number of imidazole rings is 1. The van der Waals surface area contributed by atoms with Crippen LogP contribution >= 0.6 is 22.6 Å². The van der Waals surface area contributed by atoms with Crippen molar-refractivity contribution >= 4 is 34.5 Å². The highest BCUT2D eigenvalue weighted by molar-refractivity contribution is 14.1. The summed E-state index contributed by atoms with van der Waals surface area (Å²) in [6, 6.07) is 5.63. The number of hydrogen-bond acceptors (Lipinski definition) is 4. The first-order valence-electron chi connectivity index (χ1n) is 6.82. The second-order valence-electron chi connectivity index (χ2n) is 4.93. The number of esters is 1. The van der Waals surface area contributed by atoms with Gasteiger partial charge in [0.2, 0.25) is 0 Å². The molecule has 1 aliphatic heterocycles. The molecular formula is C15H14IN3O3. The van der Waals surface area contributed by atoms with E-state index in [1.165, 1.54) is 0 Å². The molecule has 0 spiro atoms. The van der Waals surface area contributed by atoms with Crippen molar-refractivity contribution in [1.29, 1.82) is 0 Å². The number of carbonyl (C=O) groups is 2. The lowest BCUT2D eigenvalue weighted by molar-refractivity contribution is 0.0516. The van der Waals surface area contributed by atoms with E-state index in [0.29, 0.717) is 17.8 Å². The highest BCUT2D eigenvalue weighted by Crippen LogP contribution is 2.28. The average molecular weight is 415 g/mol. The molecule has 3 rings (SSSR count). The zero-order valence-electron chi connectivity index (χ0n) is 12.2. The maximum Gasteiger partial charge on any atom is 0.358 e. The Morgan fingerprint density at radius 1 is 1.45 bits per heavy atom. The van der Waals surface area contributed by atoms with Gasteiger partial charge in [-0.05, 0) is 41.6 Å². The van der Waals surface area contributed by atoms with Gasteiger partial charge in [-0.15, -0.1) is 0 Å². The number of halogens is 1. The fourth-order valence-corrected chi connectivity index (χ4v) is 3.23. The SMILES string of the molecule is CCOC(=O)c1ncn2c1CN(C)C(=O)c1c([131I])cccc1-2. The third-order valence-electron chi connectivity index (χ3n) is 3.53. The van der Waals surface area contributed by atoms with Crippen molar-refractivity contribution in [1.82, 2.24) is 14.5 Å². The molecule has 0 aliphatic carbocycles. The van der Waals surface area contributed by atoms with Crippen LogP contribution in [0.4, 0.5) is 0 Å². The number of nitrogens with zero attached hydrogens (tertiary/aromatic N) is 3. The number of amides is 1. The summed E-state index contributed by atoms with van der Waals surface area (Å²) >= 11 is 2.15. The van der Waals surface area contributed by atoms with Crippen LogP contribution in [0.15, 0.2) is 24.5 Å². The molecule has 0 bridgehead atoms. The topological polar surface area (TPSA) is 64.4 Å². The van der Waals surface area contributed by atoms with E-state index in [1.807, 2.05) is 18.2 Å². The summed E-state index contributed by atoms with van der Waals surface area (Å²) in [5, 5.41) is 0. The summed E-state index contributed by atoms with van der Waals surface area (Å²) in [7, 11) is 1.72. The summed E-state index contributed by atoms with van der Waals surface area (Å²) in [5.74, 6) is -0.537. The van der Waals surface area contributed by atoms with Crippen LogP contribution in [-0.4, -0.2) is 40.0 Å². The third-order valence-corrected chi connectivity index (χ3v) is 4.43. The normalized spacial score (nSPS) is 13.4. The highest BCUT2D eigenvalue weighted by atomic mass is 131. The van der Waals surface area contributed by atoms with Gasteiger partial charge in [0, 0.05) is 10.6 Å². The van der Waals surface area contributed by atoms with E-state index in [-0.39, 0.29) is 18.2 Å². The summed E-state index contributed by atoms with van der Waals surface area (Å²) < 4.78 is 7.71. The van der Waals surface area contributed by atoms with Crippen molar-refractivity contribution in [2.45, 2.75) is 13.5 Å². The van der Waals surface area contributed by atoms with E-state index in [9.17, 15) is 9.59 Å². The van der Waals surface area contributed by atoms with E-state index < -0.39 is 5.97 Å². The van der Waals surface area contributed by atoms with Crippen molar-refractivity contribution in [3.05, 3.63) is 45.0 Å². The predicted octanol–water partition coefficient (Wildman–Crippen LogP) is 2.24. The number of aromatic nitrogens is 2. The molecule has 7 heteroatoms. The molecule has 2 aromatic rings. The van der Waals surface area contributed by atoms with Crippen LogP contribution in [0.5, 0.6) is 0 Å². The summed E-state index contributed by atoms with van der Waals surface area (Å²) in [4.78, 5) is 30.4. The van der Waals surface area contributed by atoms with Crippen LogP contribution in [-0.2, 0) is 11.3 Å². The second-order valence-corrected chi connectivity index (χ2v) is 6.09. The first-order chi connectivity index (χ1) is 10.5. The molecule has 1 amide bonds. The Bertz CT molecular complexity index is 769. The highest BCUT2D eigenvalue weighted by Gasteiger charge is 2.29. The molecule has 0 atom stereocenters. The van der Waals surface area contributed by atoms with Crippen LogP contribution in [0.3, 0.4) is 0 Å². The van der Waals surface area contributed by atoms with E-state index in [0.717, 1.165) is 9.26 Å². The molecular weight excluding hydrogens is 401 g/mol. The molecule has 1 aromatic heterocycles. The average Bonchev–Trinajstić information content (AvgIpc) is 2.85. The quantitative estimate of drug-likeness (QED) is 0.558. The summed E-state index contributed by atoms with van der Waals surface area (Å²) in [6.45, 7) is 2.34. The lowest BCUT2D eigenvalue weighted by Gasteiger charge is -2.15. The monoisotopic (exact) mass is 415 g/mol. The van der Waals surface area contributed by atoms with Gasteiger partial charge in [0.1, 0.15) is 6.33 Å². The molecule has 0 saturated carbocycles. The molecule has 0 radical (unpaired) electrons. The van der Waals surface area contributed by atoms with Crippen molar-refractivity contribution in [3.63, 3.8) is 0 Å². The smallest absolute Gasteiger partial charge is 0.358 e. The first kappa shape index (κ1) is 15.0. The number of fused-ring (bicyclic) bond motifs is 3.